The summed E-state index contributed by atoms with van der Waals surface area (Å²) in [6, 6.07) is 6.46. The second-order valence-corrected chi connectivity index (χ2v) is 19.3. The number of nitrogens with zero attached hydrogens (tertiary/aromatic N) is 3. The molecule has 312 valence electrons. The number of fused-ring (bicyclic) bond motifs is 2. The molecule has 0 radical (unpaired) electrons. The fraction of sp³-hybridized carbons (Fsp3) is 0.600. The molecule has 3 heterocycles. The highest BCUT2D eigenvalue weighted by molar-refractivity contribution is 7.09. The summed E-state index contributed by atoms with van der Waals surface area (Å²) in [5.74, 6) is -0.420. The highest BCUT2D eigenvalue weighted by atomic mass is 32.1. The molecule has 1 amide bonds. The molecule has 1 aliphatic heterocycles. The zero-order valence-corrected chi connectivity index (χ0v) is 35.3. The van der Waals surface area contributed by atoms with Crippen molar-refractivity contribution in [2.75, 3.05) is 26.9 Å². The molecule has 12 nitrogen and oxygen atoms in total. The van der Waals surface area contributed by atoms with Crippen molar-refractivity contribution in [3.8, 4) is 22.9 Å². The molecule has 0 spiro atoms. The molecule has 2 aromatic heterocycles. The number of carboxylic acid groups (broad SMARTS) is 1. The first-order chi connectivity index (χ1) is 27.6. The first-order valence-corrected chi connectivity index (χ1v) is 21.5. The number of Topliss-reactive ketones (excluding diaryl/α,β-unsaturated/α-hetero) is 1. The molecule has 1 N–H and O–H groups in total. The minimum Gasteiger partial charge on any atom is -0.491 e. The van der Waals surface area contributed by atoms with Gasteiger partial charge in [0.2, 0.25) is 5.91 Å². The fourth-order valence-corrected chi connectivity index (χ4v) is 9.94. The van der Waals surface area contributed by atoms with E-state index >= 15 is 0 Å². The zero-order valence-electron chi connectivity index (χ0n) is 34.5. The third-order valence-electron chi connectivity index (χ3n) is 12.5. The Hall–Kier alpha value is -4.36. The van der Waals surface area contributed by atoms with Crippen LogP contribution in [0.4, 0.5) is 0 Å². The van der Waals surface area contributed by atoms with Gasteiger partial charge < -0.3 is 29.0 Å². The molecule has 58 heavy (non-hydrogen) atoms. The number of thiazole rings is 1. The molecule has 4 aliphatic rings. The normalized spacial score (nSPS) is 26.6. The molecule has 7 rings (SSSR count). The Kier molecular flexibility index (Phi) is 12.0. The summed E-state index contributed by atoms with van der Waals surface area (Å²) in [4.78, 5) is 66.4. The Morgan fingerprint density at radius 1 is 1.03 bits per heavy atom. The number of hydrogen-bond acceptors (Lipinski definition) is 11. The van der Waals surface area contributed by atoms with E-state index in [4.69, 9.17) is 28.9 Å². The second-order valence-electron chi connectivity index (χ2n) is 18.3. The number of aliphatic carboxylic acids is 1. The molecule has 0 bridgehead atoms. The van der Waals surface area contributed by atoms with E-state index in [0.717, 1.165) is 24.3 Å². The van der Waals surface area contributed by atoms with Gasteiger partial charge in [-0.25, -0.2) is 9.97 Å². The van der Waals surface area contributed by atoms with Crippen molar-refractivity contribution in [2.24, 2.45) is 40.4 Å². The molecule has 3 unspecified atom stereocenters. The van der Waals surface area contributed by atoms with E-state index in [-0.39, 0.29) is 49.5 Å². The lowest BCUT2D eigenvalue weighted by molar-refractivity contribution is -0.157. The van der Waals surface area contributed by atoms with E-state index in [1.54, 1.807) is 24.5 Å². The van der Waals surface area contributed by atoms with Crippen molar-refractivity contribution in [2.45, 2.75) is 104 Å². The summed E-state index contributed by atoms with van der Waals surface area (Å²) >= 11 is 1.58. The van der Waals surface area contributed by atoms with Crippen molar-refractivity contribution in [1.82, 2.24) is 14.9 Å². The molecular weight excluding hydrogens is 759 g/mol. The Balaban J connectivity index is 1.19. The second kappa shape index (κ2) is 16.7. The minimum atomic E-state index is -1.25. The maximum absolute atomic E-state index is 14.8. The molecule has 8 atom stereocenters. The number of amides is 1. The minimum absolute atomic E-state index is 0.0699. The number of aromatic nitrogens is 2. The Labute approximate surface area is 344 Å². The molecule has 3 aliphatic carbocycles. The number of hydrogen-bond donors (Lipinski definition) is 1. The number of ether oxygens (including phenoxy) is 4. The first-order valence-electron chi connectivity index (χ1n) is 20.6. The Bertz CT molecular complexity index is 2050. The largest absolute Gasteiger partial charge is 0.491 e. The number of carboxylic acids is 1. The van der Waals surface area contributed by atoms with Gasteiger partial charge in [-0.3, -0.25) is 19.2 Å². The number of likely N-dealkylation sites (tertiary alicyclic amines) is 1. The zero-order chi connectivity index (χ0) is 41.5. The molecule has 1 aromatic carbocycles. The van der Waals surface area contributed by atoms with Crippen LogP contribution in [-0.4, -0.2) is 88.7 Å². The van der Waals surface area contributed by atoms with E-state index in [0.29, 0.717) is 71.2 Å². The van der Waals surface area contributed by atoms with Gasteiger partial charge in [0.1, 0.15) is 30.3 Å². The third kappa shape index (κ3) is 9.10. The number of carbonyl (C=O) groups is 4. The average Bonchev–Trinajstić information content (AvgIpc) is 3.83. The van der Waals surface area contributed by atoms with Crippen LogP contribution in [0.15, 0.2) is 42.3 Å². The number of pyridine rings is 1. The van der Waals surface area contributed by atoms with Gasteiger partial charge in [-0.15, -0.1) is 17.9 Å². The van der Waals surface area contributed by atoms with Gasteiger partial charge in [0, 0.05) is 49.3 Å². The standard InChI is InChI=1S/C45H57N3O9S/c1-8-28-21-45(28,43(52)53)22-38(49)37-18-31(23-48(37)42(51)33(44(4,5)6)19-41(50)57-30-15-26-14-27(26)16-30)56-39-20-35(36-24-58-40(47-36)13-25(2)3)46-34-17-29(9-10-32(34)39)55-12-11-54-7/h8-10,17,20,24-28,30-31,33,37H,1,11-16,18-19,21-23H2,2-7H3,(H,52,53)/t26-,27+,28?,30?,31?,33-,37+,45-/m1/s1. The summed E-state index contributed by atoms with van der Waals surface area (Å²) in [7, 11) is 1.61. The number of rotatable bonds is 18. The van der Waals surface area contributed by atoms with Crippen LogP contribution in [0.25, 0.3) is 22.3 Å². The summed E-state index contributed by atoms with van der Waals surface area (Å²) in [5.41, 5.74) is 0.0545. The van der Waals surface area contributed by atoms with Crippen molar-refractivity contribution in [3.05, 3.63) is 47.3 Å². The van der Waals surface area contributed by atoms with Crippen molar-refractivity contribution >= 4 is 45.9 Å². The van der Waals surface area contributed by atoms with Crippen LogP contribution in [0.1, 0.15) is 84.6 Å². The molecule has 3 saturated carbocycles. The molecule has 1 saturated heterocycles. The lowest BCUT2D eigenvalue weighted by Gasteiger charge is -2.35. The molecule has 4 fully saturated rings. The lowest BCUT2D eigenvalue weighted by Crippen LogP contribution is -2.48. The highest BCUT2D eigenvalue weighted by Crippen LogP contribution is 2.57. The Morgan fingerprint density at radius 2 is 1.79 bits per heavy atom. The average molecular weight is 816 g/mol. The van der Waals surface area contributed by atoms with Crippen molar-refractivity contribution in [3.63, 3.8) is 0 Å². The van der Waals surface area contributed by atoms with Crippen molar-refractivity contribution in [1.29, 1.82) is 0 Å². The van der Waals surface area contributed by atoms with E-state index in [2.05, 4.69) is 20.4 Å². The number of methoxy groups -OCH3 is 1. The van der Waals surface area contributed by atoms with Gasteiger partial charge in [-0.05, 0) is 66.9 Å². The summed E-state index contributed by atoms with van der Waals surface area (Å²) < 4.78 is 23.8. The van der Waals surface area contributed by atoms with Crippen LogP contribution in [0.5, 0.6) is 11.5 Å². The van der Waals surface area contributed by atoms with Crippen LogP contribution >= 0.6 is 11.3 Å². The Morgan fingerprint density at radius 3 is 2.45 bits per heavy atom. The molecular formula is C45H57N3O9S. The van der Waals surface area contributed by atoms with Gasteiger partial charge in [0.05, 0.1) is 58.9 Å². The maximum atomic E-state index is 14.8. The van der Waals surface area contributed by atoms with Gasteiger partial charge >= 0.3 is 11.9 Å². The first kappa shape index (κ1) is 41.8. The van der Waals surface area contributed by atoms with Crippen LogP contribution in [0.2, 0.25) is 0 Å². The quantitative estimate of drug-likeness (QED) is 0.0769. The van der Waals surface area contributed by atoms with Crippen molar-refractivity contribution < 1.29 is 43.2 Å². The predicted octanol–water partition coefficient (Wildman–Crippen LogP) is 7.56. The van der Waals surface area contributed by atoms with Crippen LogP contribution in [-0.2, 0) is 35.1 Å². The molecule has 3 aromatic rings. The summed E-state index contributed by atoms with van der Waals surface area (Å²) in [5, 5.41) is 13.9. The van der Waals surface area contributed by atoms with Gasteiger partial charge in [-0.1, -0.05) is 40.7 Å². The van der Waals surface area contributed by atoms with Gasteiger partial charge in [0.15, 0.2) is 5.78 Å². The number of ketones is 1. The van der Waals surface area contributed by atoms with E-state index in [1.165, 1.54) is 11.3 Å². The predicted molar refractivity (Wildman–Crippen MR) is 220 cm³/mol. The third-order valence-corrected chi connectivity index (χ3v) is 13.3. The fourth-order valence-electron chi connectivity index (χ4n) is 8.94. The number of benzene rings is 1. The smallest absolute Gasteiger partial charge is 0.310 e. The van der Waals surface area contributed by atoms with E-state index < -0.39 is 40.8 Å². The molecule has 13 heteroatoms. The van der Waals surface area contributed by atoms with Crippen LogP contribution in [0, 0.1) is 40.4 Å². The lowest BCUT2D eigenvalue weighted by atomic mass is 9.77. The monoisotopic (exact) mass is 815 g/mol. The van der Waals surface area contributed by atoms with E-state index in [9.17, 15) is 24.3 Å². The van der Waals surface area contributed by atoms with E-state index in [1.807, 2.05) is 50.4 Å². The highest BCUT2D eigenvalue weighted by Gasteiger charge is 2.61. The SMILES string of the molecule is C=CC1C[C@]1(CC(=O)[C@@H]1CC(Oc2cc(-c3csc(CC(C)C)n3)nc3cc(OCCOC)ccc23)CN1C(=O)[C@@H](CC(=O)OC1C[C@@H]2C[C@@H]2C1)C(C)(C)C)C(=O)O. The number of allylic oxidation sites excluding steroid dienone is 1. The number of esters is 1. The summed E-state index contributed by atoms with van der Waals surface area (Å²) in [6.07, 6.45) is 4.75. The topological polar surface area (TPSA) is 154 Å². The maximum Gasteiger partial charge on any atom is 0.310 e. The summed E-state index contributed by atoms with van der Waals surface area (Å²) in [6.45, 7) is 14.7. The van der Waals surface area contributed by atoms with Crippen LogP contribution in [0.3, 0.4) is 0 Å². The van der Waals surface area contributed by atoms with Gasteiger partial charge in [-0.2, -0.15) is 0 Å². The van der Waals surface area contributed by atoms with Crippen LogP contribution < -0.4 is 9.47 Å². The van der Waals surface area contributed by atoms with Gasteiger partial charge in [0.25, 0.3) is 0 Å². The number of carbonyl (C=O) groups excluding carboxylic acids is 3.